The van der Waals surface area contributed by atoms with E-state index >= 15 is 4.39 Å². The van der Waals surface area contributed by atoms with Crippen LogP contribution in [0.5, 0.6) is 0 Å². The molecule has 1 saturated carbocycles. The van der Waals surface area contributed by atoms with E-state index < -0.39 is 17.7 Å². The summed E-state index contributed by atoms with van der Waals surface area (Å²) in [7, 11) is 3.58. The summed E-state index contributed by atoms with van der Waals surface area (Å²) >= 11 is 6.59. The van der Waals surface area contributed by atoms with Gasteiger partial charge in [-0.2, -0.15) is 0 Å². The number of carboxylic acids is 1. The van der Waals surface area contributed by atoms with Crippen LogP contribution in [0.2, 0.25) is 5.02 Å². The second kappa shape index (κ2) is 15.8. The Balaban J connectivity index is 1.17. The molecule has 2 amide bonds. The summed E-state index contributed by atoms with van der Waals surface area (Å²) in [5, 5.41) is 13.1. The van der Waals surface area contributed by atoms with Gasteiger partial charge in [-0.1, -0.05) is 36.7 Å². The SMILES string of the molecule is CCC1CC[C@@H](COC)N1[C@H]1C[C@@H](COC2CCC(C(=O)O)CC2)N(C(=O)Cc2cc(Cl)c(NC(=O)c3cn(C)c4ccccc34)cc2F)C1. The Morgan fingerprint density at radius 2 is 1.76 bits per heavy atom. The molecule has 2 saturated heterocycles. The van der Waals surface area contributed by atoms with Gasteiger partial charge in [-0.05, 0) is 75.1 Å². The number of aliphatic carboxylic acids is 1. The number of hydrogen-bond acceptors (Lipinski definition) is 6. The van der Waals surface area contributed by atoms with E-state index in [2.05, 4.69) is 17.1 Å². The Labute approximate surface area is 297 Å². The van der Waals surface area contributed by atoms with E-state index in [1.807, 2.05) is 40.8 Å². The molecule has 6 rings (SSSR count). The van der Waals surface area contributed by atoms with Gasteiger partial charge in [-0.3, -0.25) is 19.3 Å². The van der Waals surface area contributed by atoms with Gasteiger partial charge in [-0.25, -0.2) is 4.39 Å². The average molecular weight is 711 g/mol. The first kappa shape index (κ1) is 36.3. The summed E-state index contributed by atoms with van der Waals surface area (Å²) in [6.07, 6.45) is 7.86. The minimum atomic E-state index is -0.756. The van der Waals surface area contributed by atoms with E-state index in [-0.39, 0.29) is 58.7 Å². The van der Waals surface area contributed by atoms with Crippen LogP contribution in [0.3, 0.4) is 0 Å². The molecule has 270 valence electrons. The number of carbonyl (C=O) groups is 3. The fourth-order valence-electron chi connectivity index (χ4n) is 8.45. The molecule has 3 heterocycles. The first-order valence-electron chi connectivity index (χ1n) is 17.8. The first-order valence-corrected chi connectivity index (χ1v) is 18.2. The van der Waals surface area contributed by atoms with Crippen molar-refractivity contribution in [3.8, 4) is 0 Å². The number of ether oxygens (including phenoxy) is 2. The monoisotopic (exact) mass is 710 g/mol. The van der Waals surface area contributed by atoms with Crippen LogP contribution in [0.25, 0.3) is 10.9 Å². The average Bonchev–Trinajstić information content (AvgIpc) is 3.81. The second-order valence-corrected chi connectivity index (χ2v) is 14.6. The third-order valence-corrected chi connectivity index (χ3v) is 11.4. The molecule has 4 atom stereocenters. The van der Waals surface area contributed by atoms with Crippen LogP contribution in [0.4, 0.5) is 10.1 Å². The maximum atomic E-state index is 15.6. The number of hydrogen-bond donors (Lipinski definition) is 2. The number of carbonyl (C=O) groups excluding carboxylic acids is 2. The Kier molecular flexibility index (Phi) is 11.5. The normalized spacial score (nSPS) is 25.7. The van der Waals surface area contributed by atoms with E-state index in [1.165, 1.54) is 12.1 Å². The fourth-order valence-corrected chi connectivity index (χ4v) is 8.68. The molecule has 3 aliphatic rings. The zero-order valence-electron chi connectivity index (χ0n) is 29.1. The lowest BCUT2D eigenvalue weighted by molar-refractivity contribution is -0.144. The van der Waals surface area contributed by atoms with Crippen LogP contribution >= 0.6 is 11.6 Å². The molecule has 3 aromatic rings. The second-order valence-electron chi connectivity index (χ2n) is 14.2. The molecule has 50 heavy (non-hydrogen) atoms. The summed E-state index contributed by atoms with van der Waals surface area (Å²) in [6, 6.07) is 10.7. The summed E-state index contributed by atoms with van der Waals surface area (Å²) in [5.74, 6) is -2.34. The molecule has 3 fully saturated rings. The first-order chi connectivity index (χ1) is 24.1. The minimum absolute atomic E-state index is 0.0501. The predicted molar refractivity (Wildman–Crippen MR) is 190 cm³/mol. The van der Waals surface area contributed by atoms with E-state index in [0.29, 0.717) is 57.0 Å². The van der Waals surface area contributed by atoms with Crippen molar-refractivity contribution in [2.24, 2.45) is 13.0 Å². The number of benzene rings is 2. The predicted octanol–water partition coefficient (Wildman–Crippen LogP) is 6.28. The van der Waals surface area contributed by atoms with Crippen molar-refractivity contribution in [2.75, 3.05) is 32.2 Å². The van der Waals surface area contributed by atoms with Crippen LogP contribution in [0.1, 0.15) is 74.2 Å². The van der Waals surface area contributed by atoms with Crippen LogP contribution < -0.4 is 5.32 Å². The Morgan fingerprint density at radius 3 is 2.48 bits per heavy atom. The molecule has 2 aliphatic heterocycles. The standard InChI is InChI=1S/C38H48ClFN4O6/c1-4-25-11-12-26(21-49-3)44(25)27-17-28(22-50-29-13-9-23(10-14-29)38(47)48)43(19-27)36(45)16-24-15-32(39)34(18-33(24)40)41-37(46)31-20-42(2)35-8-6-5-7-30(31)35/h5-8,15,18,20,23,25-29H,4,9-14,16-17,19,21-22H2,1-3H3,(H,41,46)(H,47,48)/t23?,25?,26-,27-,28-,29?/m0/s1. The number of nitrogens with one attached hydrogen (secondary N) is 1. The van der Waals surface area contributed by atoms with Crippen molar-refractivity contribution in [1.29, 1.82) is 0 Å². The zero-order valence-corrected chi connectivity index (χ0v) is 29.8. The fraction of sp³-hybridized carbons (Fsp3) is 0.553. The van der Waals surface area contributed by atoms with Crippen molar-refractivity contribution in [1.82, 2.24) is 14.4 Å². The van der Waals surface area contributed by atoms with Gasteiger partial charge in [0.1, 0.15) is 5.82 Å². The number of anilines is 1. The molecule has 1 aromatic heterocycles. The Bertz CT molecular complexity index is 1710. The summed E-state index contributed by atoms with van der Waals surface area (Å²) in [6.45, 7) is 3.66. The van der Waals surface area contributed by atoms with Crippen molar-refractivity contribution in [2.45, 2.75) is 95.0 Å². The van der Waals surface area contributed by atoms with Gasteiger partial charge in [0.2, 0.25) is 5.91 Å². The molecule has 0 spiro atoms. The van der Waals surface area contributed by atoms with Gasteiger partial charge in [0.05, 0.1) is 54.0 Å². The number of amides is 2. The molecule has 12 heteroatoms. The third kappa shape index (κ3) is 7.71. The highest BCUT2D eigenvalue weighted by atomic mass is 35.5. The summed E-state index contributed by atoms with van der Waals surface area (Å²) in [4.78, 5) is 43.1. The number of aryl methyl sites for hydroxylation is 1. The van der Waals surface area contributed by atoms with Crippen LogP contribution in [0, 0.1) is 11.7 Å². The molecule has 0 radical (unpaired) electrons. The molecule has 10 nitrogen and oxygen atoms in total. The van der Waals surface area contributed by atoms with E-state index in [4.69, 9.17) is 21.1 Å². The van der Waals surface area contributed by atoms with Crippen molar-refractivity contribution in [3.05, 3.63) is 64.6 Å². The van der Waals surface area contributed by atoms with E-state index in [0.717, 1.165) is 36.6 Å². The molecular weight excluding hydrogens is 663 g/mol. The summed E-state index contributed by atoms with van der Waals surface area (Å²) < 4.78 is 29.4. The number of aromatic nitrogens is 1. The molecule has 1 aliphatic carbocycles. The van der Waals surface area contributed by atoms with Gasteiger partial charge in [0, 0.05) is 55.9 Å². The van der Waals surface area contributed by atoms with Gasteiger partial charge in [-0.15, -0.1) is 0 Å². The van der Waals surface area contributed by atoms with Gasteiger partial charge in [0.15, 0.2) is 0 Å². The highest BCUT2D eigenvalue weighted by Gasteiger charge is 2.45. The lowest BCUT2D eigenvalue weighted by atomic mass is 9.87. The molecule has 0 bridgehead atoms. The van der Waals surface area contributed by atoms with Crippen LogP contribution in [-0.4, -0.2) is 94.4 Å². The number of fused-ring (bicyclic) bond motifs is 1. The topological polar surface area (TPSA) is 113 Å². The molecule has 2 aromatic carbocycles. The van der Waals surface area contributed by atoms with Crippen LogP contribution in [-0.2, 0) is 32.5 Å². The molecule has 1 unspecified atom stereocenters. The number of methoxy groups -OCH3 is 1. The quantitative estimate of drug-likeness (QED) is 0.227. The zero-order chi connectivity index (χ0) is 35.5. The van der Waals surface area contributed by atoms with Gasteiger partial charge in [0.25, 0.3) is 5.91 Å². The van der Waals surface area contributed by atoms with Crippen molar-refractivity contribution < 1.29 is 33.4 Å². The highest BCUT2D eigenvalue weighted by Crippen LogP contribution is 2.36. The number of halogens is 2. The maximum Gasteiger partial charge on any atom is 0.306 e. The van der Waals surface area contributed by atoms with Gasteiger partial charge >= 0.3 is 5.97 Å². The van der Waals surface area contributed by atoms with Gasteiger partial charge < -0.3 is 29.4 Å². The Hall–Kier alpha value is -3.51. The molecule has 2 N–H and O–H groups in total. The van der Waals surface area contributed by atoms with E-state index in [9.17, 15) is 19.5 Å². The smallest absolute Gasteiger partial charge is 0.306 e. The number of carboxylic acid groups (broad SMARTS) is 1. The highest BCUT2D eigenvalue weighted by molar-refractivity contribution is 6.34. The summed E-state index contributed by atoms with van der Waals surface area (Å²) in [5.41, 5.74) is 1.63. The minimum Gasteiger partial charge on any atom is -0.481 e. The molecular formula is C38H48ClFN4O6. The van der Waals surface area contributed by atoms with Crippen molar-refractivity contribution >= 4 is 46.0 Å². The largest absolute Gasteiger partial charge is 0.481 e. The Morgan fingerprint density at radius 1 is 1.02 bits per heavy atom. The third-order valence-electron chi connectivity index (χ3n) is 11.1. The number of para-hydroxylation sites is 1. The number of rotatable bonds is 12. The van der Waals surface area contributed by atoms with E-state index in [1.54, 1.807) is 13.3 Å². The lowest BCUT2D eigenvalue weighted by Gasteiger charge is -2.35. The van der Waals surface area contributed by atoms with Crippen molar-refractivity contribution in [3.63, 3.8) is 0 Å². The maximum absolute atomic E-state index is 15.6. The lowest BCUT2D eigenvalue weighted by Crippen LogP contribution is -2.47. The van der Waals surface area contributed by atoms with Crippen LogP contribution in [0.15, 0.2) is 42.6 Å². The number of nitrogens with zero attached hydrogens (tertiary/aromatic N) is 3. The number of likely N-dealkylation sites (tertiary alicyclic amines) is 2.